The minimum Gasteiger partial charge on any atom is -0.456 e. The van der Waals surface area contributed by atoms with Crippen molar-refractivity contribution in [1.82, 2.24) is 5.32 Å². The normalized spacial score (nSPS) is 10.5. The van der Waals surface area contributed by atoms with E-state index in [0.29, 0.717) is 11.6 Å². The molecule has 0 aliphatic heterocycles. The third kappa shape index (κ3) is 6.92. The number of ether oxygens (including phenoxy) is 1. The molecule has 0 atom stereocenters. The number of nitrogens with one attached hydrogen (secondary N) is 2. The second-order valence-corrected chi connectivity index (χ2v) is 7.92. The highest BCUT2D eigenvalue weighted by atomic mass is 32.1. The van der Waals surface area contributed by atoms with Gasteiger partial charge in [0.25, 0.3) is 5.91 Å². The summed E-state index contributed by atoms with van der Waals surface area (Å²) in [6.45, 7) is 2.38. The third-order valence-electron chi connectivity index (χ3n) is 4.02. The molecule has 2 rings (SSSR count). The lowest BCUT2D eigenvalue weighted by molar-refractivity contribution is -0.148. The molecule has 1 aromatic carbocycles. The van der Waals surface area contributed by atoms with E-state index in [1.165, 1.54) is 11.3 Å². The zero-order valence-electron chi connectivity index (χ0n) is 16.6. The lowest BCUT2D eigenvalue weighted by Gasteiger charge is -2.09. The largest absolute Gasteiger partial charge is 0.456 e. The van der Waals surface area contributed by atoms with Gasteiger partial charge in [0, 0.05) is 21.7 Å². The molecule has 0 spiro atoms. The molecule has 2 aromatic rings. The van der Waals surface area contributed by atoms with E-state index in [9.17, 15) is 32.3 Å². The van der Waals surface area contributed by atoms with E-state index in [1.807, 2.05) is 19.2 Å². The Bertz CT molecular complexity index is 1020. The first-order chi connectivity index (χ1) is 14.6. The number of anilines is 1. The number of hydrogen-bond donors (Lipinski definition) is 2. The lowest BCUT2D eigenvalue weighted by atomic mass is 10.1. The van der Waals surface area contributed by atoms with Gasteiger partial charge in [-0.1, -0.05) is 0 Å². The quantitative estimate of drug-likeness (QED) is 0.343. The number of Topliss-reactive ketones (excluding diaryl/α,β-unsaturated/α-hetero) is 1. The van der Waals surface area contributed by atoms with Crippen molar-refractivity contribution in [3.8, 4) is 0 Å². The molecule has 1 heterocycles. The minimum atomic E-state index is -1.74. The molecule has 0 radical (unpaired) electrons. The molecular weight excluding hydrogens is 437 g/mol. The lowest BCUT2D eigenvalue weighted by Crippen LogP contribution is -2.35. The van der Waals surface area contributed by atoms with Crippen LogP contribution in [-0.2, 0) is 19.1 Å². The number of thiophene rings is 1. The van der Waals surface area contributed by atoms with E-state index < -0.39 is 54.1 Å². The highest BCUT2D eigenvalue weighted by molar-refractivity contribution is 7.12. The molecule has 2 amide bonds. The van der Waals surface area contributed by atoms with Crippen LogP contribution in [0.4, 0.5) is 18.9 Å². The molecule has 1 aromatic heterocycles. The highest BCUT2D eigenvalue weighted by Crippen LogP contribution is 2.22. The van der Waals surface area contributed by atoms with E-state index in [2.05, 4.69) is 5.32 Å². The van der Waals surface area contributed by atoms with Crippen LogP contribution in [0.5, 0.6) is 0 Å². The van der Waals surface area contributed by atoms with Gasteiger partial charge in [-0.3, -0.25) is 19.2 Å². The zero-order valence-corrected chi connectivity index (χ0v) is 17.5. The summed E-state index contributed by atoms with van der Waals surface area (Å²) in [4.78, 5) is 49.0. The van der Waals surface area contributed by atoms with Crippen LogP contribution >= 0.6 is 11.3 Å². The molecular formula is C20H19F3N2O5S. The number of ketones is 1. The van der Waals surface area contributed by atoms with Crippen LogP contribution in [0, 0.1) is 31.3 Å². The number of aryl methyl sites for hydroxylation is 2. The number of esters is 1. The highest BCUT2D eigenvalue weighted by Gasteiger charge is 2.17. The first-order valence-corrected chi connectivity index (χ1v) is 9.86. The third-order valence-corrected chi connectivity index (χ3v) is 4.98. The topological polar surface area (TPSA) is 102 Å². The standard InChI is InChI=1S/C20H19F3N2O5S/c1-10-7-12(11(2)31-10)15(26)5-6-18(29)30-9-17(28)24-8-16(27)25-14-4-3-13(21)19(22)20(14)23/h3-4,7H,5-6,8-9H2,1-2H3,(H,24,28)(H,25,27). The summed E-state index contributed by atoms with van der Waals surface area (Å²) in [5.41, 5.74) is -0.0400. The Kier molecular flexibility index (Phi) is 8.31. The van der Waals surface area contributed by atoms with E-state index in [-0.39, 0.29) is 18.6 Å². The summed E-state index contributed by atoms with van der Waals surface area (Å²) < 4.78 is 44.2. The van der Waals surface area contributed by atoms with Crippen molar-refractivity contribution in [2.24, 2.45) is 0 Å². The number of carbonyl (C=O) groups is 4. The smallest absolute Gasteiger partial charge is 0.306 e. The van der Waals surface area contributed by atoms with Crippen LogP contribution in [0.15, 0.2) is 18.2 Å². The van der Waals surface area contributed by atoms with Gasteiger partial charge < -0.3 is 15.4 Å². The molecule has 166 valence electrons. The van der Waals surface area contributed by atoms with Crippen molar-refractivity contribution < 1.29 is 37.1 Å². The predicted molar refractivity (Wildman–Crippen MR) is 106 cm³/mol. The van der Waals surface area contributed by atoms with E-state index in [1.54, 1.807) is 6.07 Å². The predicted octanol–water partition coefficient (Wildman–Crippen LogP) is 3.04. The fourth-order valence-corrected chi connectivity index (χ4v) is 3.47. The average molecular weight is 456 g/mol. The van der Waals surface area contributed by atoms with Gasteiger partial charge in [-0.05, 0) is 32.0 Å². The Morgan fingerprint density at radius 1 is 1.00 bits per heavy atom. The zero-order chi connectivity index (χ0) is 23.1. The Morgan fingerprint density at radius 2 is 1.71 bits per heavy atom. The van der Waals surface area contributed by atoms with Crippen LogP contribution in [0.3, 0.4) is 0 Å². The van der Waals surface area contributed by atoms with Gasteiger partial charge in [-0.2, -0.15) is 0 Å². The van der Waals surface area contributed by atoms with Crippen LogP contribution in [-0.4, -0.2) is 36.7 Å². The molecule has 0 bridgehead atoms. The van der Waals surface area contributed by atoms with Crippen molar-refractivity contribution in [2.45, 2.75) is 26.7 Å². The first-order valence-electron chi connectivity index (χ1n) is 9.04. The maximum Gasteiger partial charge on any atom is 0.306 e. The monoisotopic (exact) mass is 456 g/mol. The van der Waals surface area contributed by atoms with Crippen molar-refractivity contribution in [2.75, 3.05) is 18.5 Å². The Morgan fingerprint density at radius 3 is 2.35 bits per heavy atom. The van der Waals surface area contributed by atoms with Crippen molar-refractivity contribution in [3.05, 3.63) is 51.0 Å². The van der Waals surface area contributed by atoms with Gasteiger partial charge in [0.1, 0.15) is 0 Å². The van der Waals surface area contributed by atoms with Crippen LogP contribution in [0.1, 0.15) is 33.0 Å². The number of halogens is 3. The van der Waals surface area contributed by atoms with E-state index >= 15 is 0 Å². The number of rotatable bonds is 9. The summed E-state index contributed by atoms with van der Waals surface area (Å²) in [5.74, 6) is -7.41. The number of benzene rings is 1. The molecule has 0 saturated heterocycles. The molecule has 7 nitrogen and oxygen atoms in total. The van der Waals surface area contributed by atoms with Crippen molar-refractivity contribution >= 4 is 40.6 Å². The van der Waals surface area contributed by atoms with Crippen LogP contribution in [0.25, 0.3) is 0 Å². The Balaban J connectivity index is 1.70. The van der Waals surface area contributed by atoms with Crippen molar-refractivity contribution in [1.29, 1.82) is 0 Å². The minimum absolute atomic E-state index is 0.0698. The molecule has 2 N–H and O–H groups in total. The van der Waals surface area contributed by atoms with Gasteiger partial charge >= 0.3 is 5.97 Å². The van der Waals surface area contributed by atoms with Crippen LogP contribution in [0.2, 0.25) is 0 Å². The summed E-state index contributed by atoms with van der Waals surface area (Å²) >= 11 is 1.48. The van der Waals surface area contributed by atoms with Gasteiger partial charge in [-0.15, -0.1) is 11.3 Å². The van der Waals surface area contributed by atoms with Crippen LogP contribution < -0.4 is 10.6 Å². The van der Waals surface area contributed by atoms with Gasteiger partial charge in [0.15, 0.2) is 29.8 Å². The Labute approximate surface area is 179 Å². The number of hydrogen-bond acceptors (Lipinski definition) is 6. The number of amides is 2. The molecule has 31 heavy (non-hydrogen) atoms. The molecule has 0 fully saturated rings. The molecule has 0 saturated carbocycles. The first kappa shape index (κ1) is 24.1. The summed E-state index contributed by atoms with van der Waals surface area (Å²) in [5, 5.41) is 4.09. The summed E-state index contributed by atoms with van der Waals surface area (Å²) in [6.07, 6.45) is -0.282. The Hall–Kier alpha value is -3.21. The fraction of sp³-hybridized carbons (Fsp3) is 0.300. The van der Waals surface area contributed by atoms with Crippen molar-refractivity contribution in [3.63, 3.8) is 0 Å². The van der Waals surface area contributed by atoms with Gasteiger partial charge in [0.05, 0.1) is 18.7 Å². The second kappa shape index (κ2) is 10.7. The SMILES string of the molecule is Cc1cc(C(=O)CCC(=O)OCC(=O)NCC(=O)Nc2ccc(F)c(F)c2F)c(C)s1. The van der Waals surface area contributed by atoms with Gasteiger partial charge in [-0.25, -0.2) is 13.2 Å². The molecule has 0 unspecified atom stereocenters. The molecule has 0 aliphatic carbocycles. The number of carbonyl (C=O) groups excluding carboxylic acids is 4. The summed E-state index contributed by atoms with van der Waals surface area (Å²) in [6, 6.07) is 3.21. The second-order valence-electron chi connectivity index (χ2n) is 6.46. The fourth-order valence-electron chi connectivity index (χ4n) is 2.52. The summed E-state index contributed by atoms with van der Waals surface area (Å²) in [7, 11) is 0. The maximum atomic E-state index is 13.5. The van der Waals surface area contributed by atoms with E-state index in [0.717, 1.165) is 15.8 Å². The van der Waals surface area contributed by atoms with Gasteiger partial charge in [0.2, 0.25) is 5.91 Å². The molecule has 0 aliphatic rings. The molecule has 11 heteroatoms. The maximum absolute atomic E-state index is 13.5. The van der Waals surface area contributed by atoms with E-state index in [4.69, 9.17) is 4.74 Å². The average Bonchev–Trinajstić information content (AvgIpc) is 3.07.